The van der Waals surface area contributed by atoms with Gasteiger partial charge in [-0.25, -0.2) is 8.42 Å². The van der Waals surface area contributed by atoms with Crippen LogP contribution in [0.15, 0.2) is 46.0 Å². The minimum absolute atomic E-state index is 0.00515. The molecule has 7 nitrogen and oxygen atoms in total. The zero-order valence-electron chi connectivity index (χ0n) is 17.5. The maximum atomic E-state index is 12.6. The van der Waals surface area contributed by atoms with Crippen LogP contribution in [0.4, 0.5) is 0 Å². The number of rotatable bonds is 7. The van der Waals surface area contributed by atoms with E-state index in [0.29, 0.717) is 36.7 Å². The van der Waals surface area contributed by atoms with Crippen LogP contribution >= 0.6 is 11.3 Å². The molecule has 2 saturated heterocycles. The number of carbonyl (C=O) groups is 1. The van der Waals surface area contributed by atoms with E-state index in [4.69, 9.17) is 4.74 Å². The van der Waals surface area contributed by atoms with Crippen molar-refractivity contribution in [1.82, 2.24) is 14.5 Å². The zero-order valence-corrected chi connectivity index (χ0v) is 19.2. The van der Waals surface area contributed by atoms with E-state index in [-0.39, 0.29) is 11.8 Å². The van der Waals surface area contributed by atoms with Crippen molar-refractivity contribution in [2.75, 3.05) is 39.4 Å². The Morgan fingerprint density at radius 2 is 1.71 bits per heavy atom. The van der Waals surface area contributed by atoms with E-state index in [2.05, 4.69) is 34.5 Å². The van der Waals surface area contributed by atoms with Gasteiger partial charge in [0.15, 0.2) is 0 Å². The Morgan fingerprint density at radius 1 is 1.03 bits per heavy atom. The van der Waals surface area contributed by atoms with Crippen LogP contribution in [0.3, 0.4) is 0 Å². The van der Waals surface area contributed by atoms with Crippen LogP contribution in [0.1, 0.15) is 24.0 Å². The molecular formula is C22H29N3O4S2. The highest BCUT2D eigenvalue weighted by Gasteiger charge is 2.32. The first-order valence-corrected chi connectivity index (χ1v) is 13.0. The maximum absolute atomic E-state index is 12.6. The first-order chi connectivity index (χ1) is 15.0. The number of nitrogens with zero attached hydrogens (tertiary/aromatic N) is 2. The molecular weight excluding hydrogens is 434 g/mol. The number of benzene rings is 1. The number of carbonyl (C=O) groups excluding carboxylic acids is 1. The summed E-state index contributed by atoms with van der Waals surface area (Å²) in [5.74, 6) is -0.138. The lowest BCUT2D eigenvalue weighted by atomic mass is 9.97. The van der Waals surface area contributed by atoms with Gasteiger partial charge in [-0.15, -0.1) is 11.3 Å². The second kappa shape index (κ2) is 10.2. The lowest BCUT2D eigenvalue weighted by Crippen LogP contribution is -2.42. The summed E-state index contributed by atoms with van der Waals surface area (Å²) >= 11 is 1.23. The summed E-state index contributed by atoms with van der Waals surface area (Å²) in [5.41, 5.74) is 2.33. The molecule has 0 radical (unpaired) electrons. The first-order valence-electron chi connectivity index (χ1n) is 10.7. The average molecular weight is 464 g/mol. The summed E-state index contributed by atoms with van der Waals surface area (Å²) in [6.07, 6.45) is 1.10. The number of morpholine rings is 1. The van der Waals surface area contributed by atoms with E-state index >= 15 is 0 Å². The molecule has 31 heavy (non-hydrogen) atoms. The summed E-state index contributed by atoms with van der Waals surface area (Å²) in [6.45, 7) is 5.69. The normalized spacial score (nSPS) is 19.4. The maximum Gasteiger partial charge on any atom is 0.252 e. The standard InChI is InChI=1S/C22H29N3O4S2/c26-22(20-7-9-25(10-8-20)31(27,28)21-2-1-15-30-21)23-16-18-3-5-19(6-4-18)17-24-11-13-29-14-12-24/h1-6,15,20H,7-14,16-17H2,(H,23,26). The number of ether oxygens (including phenoxy) is 1. The molecule has 0 aliphatic carbocycles. The van der Waals surface area contributed by atoms with Gasteiger partial charge >= 0.3 is 0 Å². The van der Waals surface area contributed by atoms with Gasteiger partial charge in [-0.3, -0.25) is 9.69 Å². The highest BCUT2D eigenvalue weighted by atomic mass is 32.2. The van der Waals surface area contributed by atoms with Crippen molar-refractivity contribution in [2.45, 2.75) is 30.1 Å². The van der Waals surface area contributed by atoms with Crippen molar-refractivity contribution in [3.8, 4) is 0 Å². The molecule has 2 fully saturated rings. The first kappa shape index (κ1) is 22.4. The van der Waals surface area contributed by atoms with E-state index in [1.165, 1.54) is 21.2 Å². The molecule has 1 amide bonds. The molecule has 0 atom stereocenters. The molecule has 0 spiro atoms. The summed E-state index contributed by atoms with van der Waals surface area (Å²) in [6, 6.07) is 11.7. The molecule has 1 aromatic carbocycles. The fraction of sp³-hybridized carbons (Fsp3) is 0.500. The summed E-state index contributed by atoms with van der Waals surface area (Å²) in [4.78, 5) is 15.0. The number of thiophene rings is 1. The molecule has 2 aromatic rings. The third kappa shape index (κ3) is 5.72. The van der Waals surface area contributed by atoms with Crippen LogP contribution in [-0.2, 0) is 32.6 Å². The molecule has 4 rings (SSSR count). The minimum Gasteiger partial charge on any atom is -0.379 e. The molecule has 9 heteroatoms. The van der Waals surface area contributed by atoms with Gasteiger partial charge in [-0.2, -0.15) is 4.31 Å². The van der Waals surface area contributed by atoms with Crippen LogP contribution in [0.25, 0.3) is 0 Å². The van der Waals surface area contributed by atoms with Gasteiger partial charge in [0.1, 0.15) is 4.21 Å². The van der Waals surface area contributed by atoms with Gasteiger partial charge < -0.3 is 10.1 Å². The van der Waals surface area contributed by atoms with Crippen molar-refractivity contribution >= 4 is 27.3 Å². The van der Waals surface area contributed by atoms with Crippen molar-refractivity contribution in [3.05, 3.63) is 52.9 Å². The quantitative estimate of drug-likeness (QED) is 0.682. The monoisotopic (exact) mass is 463 g/mol. The number of hydrogen-bond acceptors (Lipinski definition) is 6. The smallest absolute Gasteiger partial charge is 0.252 e. The van der Waals surface area contributed by atoms with Gasteiger partial charge in [-0.1, -0.05) is 30.3 Å². The van der Waals surface area contributed by atoms with Crippen molar-refractivity contribution in [3.63, 3.8) is 0 Å². The van der Waals surface area contributed by atoms with Crippen LogP contribution in [0.5, 0.6) is 0 Å². The van der Waals surface area contributed by atoms with Gasteiger partial charge in [0, 0.05) is 45.2 Å². The molecule has 2 aliphatic heterocycles. The van der Waals surface area contributed by atoms with Gasteiger partial charge in [-0.05, 0) is 35.4 Å². The van der Waals surface area contributed by atoms with Crippen molar-refractivity contribution in [2.24, 2.45) is 5.92 Å². The number of piperidine rings is 1. The Labute approximate surface area is 188 Å². The molecule has 0 unspecified atom stereocenters. The fourth-order valence-corrected chi connectivity index (χ4v) is 6.62. The topological polar surface area (TPSA) is 79.0 Å². The van der Waals surface area contributed by atoms with Crippen LogP contribution < -0.4 is 5.32 Å². The highest BCUT2D eigenvalue weighted by molar-refractivity contribution is 7.91. The Kier molecular flexibility index (Phi) is 7.39. The third-order valence-electron chi connectivity index (χ3n) is 5.91. The number of sulfonamides is 1. The average Bonchev–Trinajstić information content (AvgIpc) is 3.35. The second-order valence-corrected chi connectivity index (χ2v) is 11.1. The zero-order chi connectivity index (χ0) is 21.7. The van der Waals surface area contributed by atoms with Crippen LogP contribution in [-0.4, -0.2) is 62.9 Å². The van der Waals surface area contributed by atoms with E-state index in [1.807, 2.05) is 0 Å². The van der Waals surface area contributed by atoms with E-state index < -0.39 is 10.0 Å². The molecule has 168 valence electrons. The van der Waals surface area contributed by atoms with Gasteiger partial charge in [0.05, 0.1) is 13.2 Å². The van der Waals surface area contributed by atoms with Crippen molar-refractivity contribution < 1.29 is 17.9 Å². The Balaban J connectivity index is 1.22. The third-order valence-corrected chi connectivity index (χ3v) is 9.19. The number of amides is 1. The van der Waals surface area contributed by atoms with E-state index in [0.717, 1.165) is 38.4 Å². The molecule has 0 saturated carbocycles. The Morgan fingerprint density at radius 3 is 2.35 bits per heavy atom. The van der Waals surface area contributed by atoms with Crippen LogP contribution in [0, 0.1) is 5.92 Å². The molecule has 0 bridgehead atoms. The fourth-order valence-electron chi connectivity index (χ4n) is 4.01. The lowest BCUT2D eigenvalue weighted by Gasteiger charge is -2.30. The molecule has 2 aliphatic rings. The number of hydrogen-bond donors (Lipinski definition) is 1. The summed E-state index contributed by atoms with van der Waals surface area (Å²) in [5, 5.41) is 4.78. The summed E-state index contributed by atoms with van der Waals surface area (Å²) < 4.78 is 32.5. The SMILES string of the molecule is O=C(NCc1ccc(CN2CCOCC2)cc1)C1CCN(S(=O)(=O)c2cccs2)CC1. The predicted molar refractivity (Wildman–Crippen MR) is 120 cm³/mol. The Hall–Kier alpha value is -1.78. The van der Waals surface area contributed by atoms with E-state index in [1.54, 1.807) is 17.5 Å². The Bertz CT molecular complexity index is 947. The lowest BCUT2D eigenvalue weighted by molar-refractivity contribution is -0.126. The molecule has 1 N–H and O–H groups in total. The van der Waals surface area contributed by atoms with Gasteiger partial charge in [0.2, 0.25) is 5.91 Å². The van der Waals surface area contributed by atoms with Gasteiger partial charge in [0.25, 0.3) is 10.0 Å². The second-order valence-electron chi connectivity index (χ2n) is 8.03. The number of nitrogens with one attached hydrogen (secondary N) is 1. The molecule has 1 aromatic heterocycles. The largest absolute Gasteiger partial charge is 0.379 e. The predicted octanol–water partition coefficient (Wildman–Crippen LogP) is 2.30. The van der Waals surface area contributed by atoms with Crippen molar-refractivity contribution in [1.29, 1.82) is 0 Å². The highest BCUT2D eigenvalue weighted by Crippen LogP contribution is 2.26. The summed E-state index contributed by atoms with van der Waals surface area (Å²) in [7, 11) is -3.43. The minimum atomic E-state index is -3.43. The molecule has 3 heterocycles. The van der Waals surface area contributed by atoms with E-state index in [9.17, 15) is 13.2 Å². The van der Waals surface area contributed by atoms with Crippen LogP contribution in [0.2, 0.25) is 0 Å².